The summed E-state index contributed by atoms with van der Waals surface area (Å²) >= 11 is 0. The maximum atomic E-state index is 12.9. The smallest absolute Gasteiger partial charge is 0.410 e. The minimum Gasteiger partial charge on any atom is -0.444 e. The number of benzene rings is 1. The average molecular weight is 341 g/mol. The Morgan fingerprint density at radius 2 is 1.64 bits per heavy atom. The van der Waals surface area contributed by atoms with Crippen molar-refractivity contribution >= 4 is 22.9 Å². The Hall–Kier alpha value is -2.63. The molecular weight excluding hydrogens is 318 g/mol. The van der Waals surface area contributed by atoms with Crippen molar-refractivity contribution < 1.29 is 14.3 Å². The average Bonchev–Trinajstić information content (AvgIpc) is 2.59. The van der Waals surface area contributed by atoms with Gasteiger partial charge in [0, 0.05) is 37.8 Å². The first kappa shape index (κ1) is 17.2. The van der Waals surface area contributed by atoms with E-state index >= 15 is 0 Å². The van der Waals surface area contributed by atoms with Crippen molar-refractivity contribution in [3.63, 3.8) is 0 Å². The lowest BCUT2D eigenvalue weighted by Gasteiger charge is -2.35. The molecule has 1 saturated heterocycles. The Morgan fingerprint density at radius 1 is 1.00 bits per heavy atom. The lowest BCUT2D eigenvalue weighted by atomic mass is 10.1. The van der Waals surface area contributed by atoms with Gasteiger partial charge in [-0.2, -0.15) is 0 Å². The molecule has 0 spiro atoms. The van der Waals surface area contributed by atoms with Gasteiger partial charge in [-0.1, -0.05) is 18.2 Å². The lowest BCUT2D eigenvalue weighted by molar-refractivity contribution is 0.0141. The van der Waals surface area contributed by atoms with E-state index in [4.69, 9.17) is 4.74 Å². The summed E-state index contributed by atoms with van der Waals surface area (Å²) in [6.07, 6.45) is 1.33. The van der Waals surface area contributed by atoms with Gasteiger partial charge >= 0.3 is 6.09 Å². The lowest BCUT2D eigenvalue weighted by Crippen LogP contribution is -2.51. The molecule has 1 fully saturated rings. The summed E-state index contributed by atoms with van der Waals surface area (Å²) in [4.78, 5) is 32.7. The summed E-state index contributed by atoms with van der Waals surface area (Å²) in [6, 6.07) is 9.37. The molecule has 2 aromatic rings. The predicted octanol–water partition coefficient (Wildman–Crippen LogP) is 2.93. The molecule has 1 aliphatic heterocycles. The van der Waals surface area contributed by atoms with Crippen LogP contribution in [-0.4, -0.2) is 58.6 Å². The number of piperazine rings is 1. The molecule has 1 aromatic carbocycles. The highest BCUT2D eigenvalue weighted by Crippen LogP contribution is 2.19. The zero-order chi connectivity index (χ0) is 18.0. The maximum absolute atomic E-state index is 12.9. The monoisotopic (exact) mass is 341 g/mol. The summed E-state index contributed by atoms with van der Waals surface area (Å²) in [5, 5.41) is 0.851. The van der Waals surface area contributed by atoms with Gasteiger partial charge < -0.3 is 14.5 Å². The maximum Gasteiger partial charge on any atom is 0.410 e. The minimum atomic E-state index is -0.514. The number of carbonyl (C=O) groups excluding carboxylic acids is 2. The second kappa shape index (κ2) is 6.70. The number of aromatic nitrogens is 1. The van der Waals surface area contributed by atoms with Crippen LogP contribution in [0, 0.1) is 0 Å². The number of pyridine rings is 1. The van der Waals surface area contributed by atoms with Crippen molar-refractivity contribution in [1.82, 2.24) is 14.8 Å². The van der Waals surface area contributed by atoms with E-state index in [9.17, 15) is 9.59 Å². The van der Waals surface area contributed by atoms with Crippen molar-refractivity contribution in [2.75, 3.05) is 26.2 Å². The number of carbonyl (C=O) groups is 2. The highest BCUT2D eigenvalue weighted by Gasteiger charge is 2.28. The molecule has 0 radical (unpaired) electrons. The van der Waals surface area contributed by atoms with Crippen LogP contribution in [-0.2, 0) is 4.74 Å². The molecule has 6 heteroatoms. The first-order valence-electron chi connectivity index (χ1n) is 8.46. The molecule has 3 rings (SSSR count). The van der Waals surface area contributed by atoms with Crippen LogP contribution in [0.2, 0.25) is 0 Å². The number of para-hydroxylation sites is 1. The van der Waals surface area contributed by atoms with Crippen LogP contribution in [0.15, 0.2) is 36.5 Å². The molecular formula is C19H23N3O3. The minimum absolute atomic E-state index is 0.0255. The third kappa shape index (κ3) is 3.90. The van der Waals surface area contributed by atoms with Crippen LogP contribution in [0.1, 0.15) is 31.1 Å². The molecule has 0 saturated carbocycles. The van der Waals surface area contributed by atoms with Crippen molar-refractivity contribution in [3.8, 4) is 0 Å². The number of amides is 2. The fourth-order valence-corrected chi connectivity index (χ4v) is 2.87. The van der Waals surface area contributed by atoms with Gasteiger partial charge in [0.15, 0.2) is 0 Å². The normalized spacial score (nSPS) is 15.3. The Bertz CT molecular complexity index is 785. The third-order valence-corrected chi connectivity index (χ3v) is 4.10. The van der Waals surface area contributed by atoms with Gasteiger partial charge in [0.25, 0.3) is 5.91 Å². The van der Waals surface area contributed by atoms with E-state index in [2.05, 4.69) is 4.98 Å². The first-order chi connectivity index (χ1) is 11.8. The Kier molecular flexibility index (Phi) is 4.61. The quantitative estimate of drug-likeness (QED) is 0.800. The SMILES string of the molecule is CC(C)(C)OC(=O)N1CCN(C(=O)c2ccnc3ccccc23)CC1. The number of nitrogens with zero attached hydrogens (tertiary/aromatic N) is 3. The number of hydrogen-bond acceptors (Lipinski definition) is 4. The van der Waals surface area contributed by atoms with Crippen LogP contribution < -0.4 is 0 Å². The zero-order valence-electron chi connectivity index (χ0n) is 14.9. The second-order valence-corrected chi connectivity index (χ2v) is 7.14. The van der Waals surface area contributed by atoms with E-state index in [0.29, 0.717) is 31.7 Å². The molecule has 2 heterocycles. The molecule has 2 amide bonds. The summed E-state index contributed by atoms with van der Waals surface area (Å²) in [5.41, 5.74) is 0.942. The molecule has 0 unspecified atom stereocenters. The molecule has 25 heavy (non-hydrogen) atoms. The van der Waals surface area contributed by atoms with Gasteiger partial charge in [-0.05, 0) is 32.9 Å². The molecule has 0 bridgehead atoms. The summed E-state index contributed by atoms with van der Waals surface area (Å²) in [6.45, 7) is 7.48. The Balaban J connectivity index is 1.68. The molecule has 132 valence electrons. The fraction of sp³-hybridized carbons (Fsp3) is 0.421. The predicted molar refractivity (Wildman–Crippen MR) is 95.5 cm³/mol. The van der Waals surface area contributed by atoms with Gasteiger partial charge in [-0.25, -0.2) is 4.79 Å². The van der Waals surface area contributed by atoms with Crippen LogP contribution >= 0.6 is 0 Å². The summed E-state index contributed by atoms with van der Waals surface area (Å²) in [7, 11) is 0. The van der Waals surface area contributed by atoms with Crippen molar-refractivity contribution in [2.45, 2.75) is 26.4 Å². The highest BCUT2D eigenvalue weighted by molar-refractivity contribution is 6.06. The third-order valence-electron chi connectivity index (χ3n) is 4.10. The van der Waals surface area contributed by atoms with Crippen LogP contribution in [0.3, 0.4) is 0 Å². The molecule has 6 nitrogen and oxygen atoms in total. The molecule has 0 N–H and O–H groups in total. The first-order valence-corrected chi connectivity index (χ1v) is 8.46. The highest BCUT2D eigenvalue weighted by atomic mass is 16.6. The zero-order valence-corrected chi connectivity index (χ0v) is 14.9. The van der Waals surface area contributed by atoms with Crippen molar-refractivity contribution in [2.24, 2.45) is 0 Å². The van der Waals surface area contributed by atoms with Crippen molar-refractivity contribution in [3.05, 3.63) is 42.1 Å². The van der Waals surface area contributed by atoms with Gasteiger partial charge in [-0.3, -0.25) is 9.78 Å². The Morgan fingerprint density at radius 3 is 2.32 bits per heavy atom. The van der Waals surface area contributed by atoms with E-state index in [-0.39, 0.29) is 12.0 Å². The Labute approximate surface area is 147 Å². The van der Waals surface area contributed by atoms with E-state index in [0.717, 1.165) is 10.9 Å². The van der Waals surface area contributed by atoms with Crippen LogP contribution in [0.25, 0.3) is 10.9 Å². The van der Waals surface area contributed by atoms with Crippen molar-refractivity contribution in [1.29, 1.82) is 0 Å². The number of fused-ring (bicyclic) bond motifs is 1. The van der Waals surface area contributed by atoms with Gasteiger partial charge in [-0.15, -0.1) is 0 Å². The summed E-state index contributed by atoms with van der Waals surface area (Å²) < 4.78 is 5.39. The topological polar surface area (TPSA) is 62.7 Å². The van der Waals surface area contributed by atoms with Gasteiger partial charge in [0.05, 0.1) is 11.1 Å². The van der Waals surface area contributed by atoms with Crippen LogP contribution in [0.5, 0.6) is 0 Å². The number of rotatable bonds is 1. The molecule has 0 atom stereocenters. The molecule has 0 aliphatic carbocycles. The number of ether oxygens (including phenoxy) is 1. The second-order valence-electron chi connectivity index (χ2n) is 7.14. The fourth-order valence-electron chi connectivity index (χ4n) is 2.87. The summed E-state index contributed by atoms with van der Waals surface area (Å²) in [5.74, 6) is -0.0255. The van der Waals surface area contributed by atoms with Crippen LogP contribution in [0.4, 0.5) is 4.79 Å². The van der Waals surface area contributed by atoms with Gasteiger partial charge in [0.1, 0.15) is 5.60 Å². The standard InChI is InChI=1S/C19H23N3O3/c1-19(2,3)25-18(24)22-12-10-21(11-13-22)17(23)15-8-9-20-16-7-5-4-6-14(15)16/h4-9H,10-13H2,1-3H3. The largest absolute Gasteiger partial charge is 0.444 e. The number of hydrogen-bond donors (Lipinski definition) is 0. The van der Waals surface area contributed by atoms with Gasteiger partial charge in [0.2, 0.25) is 0 Å². The molecule has 1 aromatic heterocycles. The van der Waals surface area contributed by atoms with E-state index in [1.807, 2.05) is 45.0 Å². The molecule has 1 aliphatic rings. The van der Waals surface area contributed by atoms with E-state index in [1.54, 1.807) is 22.1 Å². The van der Waals surface area contributed by atoms with E-state index < -0.39 is 5.60 Å². The van der Waals surface area contributed by atoms with E-state index in [1.165, 1.54) is 0 Å².